The summed E-state index contributed by atoms with van der Waals surface area (Å²) in [6.07, 6.45) is 0. The maximum absolute atomic E-state index is 11.9. The Morgan fingerprint density at radius 2 is 2.17 bits per heavy atom. The predicted molar refractivity (Wildman–Crippen MR) is 69.4 cm³/mol. The molecule has 0 atom stereocenters. The summed E-state index contributed by atoms with van der Waals surface area (Å²) in [6, 6.07) is 9.20. The molecule has 18 heavy (non-hydrogen) atoms. The molecule has 1 aromatic carbocycles. The van der Waals surface area contributed by atoms with Crippen molar-refractivity contribution in [3.8, 4) is 0 Å². The summed E-state index contributed by atoms with van der Waals surface area (Å²) in [6.45, 7) is 0.549. The number of hydrogen-bond donors (Lipinski definition) is 2. The lowest BCUT2D eigenvalue weighted by atomic mass is 10.2. The highest BCUT2D eigenvalue weighted by molar-refractivity contribution is 7.09. The molecule has 0 saturated carbocycles. The summed E-state index contributed by atoms with van der Waals surface area (Å²) in [5.41, 5.74) is 2.04. The Balaban J connectivity index is 1.75. The molecule has 2 N–H and O–H groups in total. The second kappa shape index (κ2) is 4.58. The van der Waals surface area contributed by atoms with E-state index in [1.807, 2.05) is 17.5 Å². The number of carbonyl (C=O) groups is 1. The van der Waals surface area contributed by atoms with Gasteiger partial charge in [-0.25, -0.2) is 0 Å². The third-order valence-electron chi connectivity index (χ3n) is 2.58. The number of thiophene rings is 1. The summed E-state index contributed by atoms with van der Waals surface area (Å²) in [5.74, 6) is -0.103. The average molecular weight is 258 g/mol. The first-order valence-corrected chi connectivity index (χ1v) is 6.32. The minimum Gasteiger partial charge on any atom is -0.347 e. The Labute approximate surface area is 107 Å². The quantitative estimate of drug-likeness (QED) is 0.754. The van der Waals surface area contributed by atoms with Crippen molar-refractivity contribution < 1.29 is 4.79 Å². The van der Waals surface area contributed by atoms with Crippen LogP contribution in [0.2, 0.25) is 0 Å². The largest absolute Gasteiger partial charge is 0.347 e. The van der Waals surface area contributed by atoms with Crippen molar-refractivity contribution in [1.29, 1.82) is 0 Å². The van der Waals surface area contributed by atoms with Crippen molar-refractivity contribution in [2.24, 2.45) is 0 Å². The third kappa shape index (κ3) is 2.10. The highest BCUT2D eigenvalue weighted by Gasteiger charge is 2.07. The van der Waals surface area contributed by atoms with Crippen molar-refractivity contribution in [2.45, 2.75) is 6.54 Å². The molecule has 0 aliphatic heterocycles. The van der Waals surface area contributed by atoms with Gasteiger partial charge in [0.15, 0.2) is 0 Å². The number of rotatable bonds is 3. The average Bonchev–Trinajstić information content (AvgIpc) is 3.05. The normalized spacial score (nSPS) is 10.7. The molecule has 0 spiro atoms. The van der Waals surface area contributed by atoms with Crippen LogP contribution in [0.15, 0.2) is 35.7 Å². The van der Waals surface area contributed by atoms with E-state index < -0.39 is 0 Å². The molecule has 5 nitrogen and oxygen atoms in total. The van der Waals surface area contributed by atoms with Crippen LogP contribution in [0, 0.1) is 0 Å². The molecule has 1 amide bonds. The van der Waals surface area contributed by atoms with E-state index in [-0.39, 0.29) is 5.91 Å². The van der Waals surface area contributed by atoms with Gasteiger partial charge in [-0.2, -0.15) is 15.4 Å². The van der Waals surface area contributed by atoms with Crippen molar-refractivity contribution in [2.75, 3.05) is 0 Å². The molecular weight excluding hydrogens is 248 g/mol. The van der Waals surface area contributed by atoms with Crippen LogP contribution in [-0.4, -0.2) is 21.3 Å². The molecule has 0 bridgehead atoms. The highest BCUT2D eigenvalue weighted by Crippen LogP contribution is 2.11. The molecule has 0 fully saturated rings. The maximum Gasteiger partial charge on any atom is 0.251 e. The first-order valence-electron chi connectivity index (χ1n) is 5.44. The van der Waals surface area contributed by atoms with E-state index in [4.69, 9.17) is 0 Å². The summed E-state index contributed by atoms with van der Waals surface area (Å²) >= 11 is 1.62. The Kier molecular flexibility index (Phi) is 2.77. The molecule has 3 aromatic rings. The van der Waals surface area contributed by atoms with Gasteiger partial charge in [0.25, 0.3) is 5.91 Å². The fourth-order valence-corrected chi connectivity index (χ4v) is 2.31. The second-order valence-electron chi connectivity index (χ2n) is 3.79. The van der Waals surface area contributed by atoms with Gasteiger partial charge < -0.3 is 5.32 Å². The van der Waals surface area contributed by atoms with Gasteiger partial charge in [0.1, 0.15) is 11.0 Å². The van der Waals surface area contributed by atoms with Gasteiger partial charge in [-0.15, -0.1) is 11.3 Å². The number of aromatic nitrogens is 3. The van der Waals surface area contributed by atoms with Gasteiger partial charge in [0.05, 0.1) is 6.54 Å². The minimum atomic E-state index is -0.103. The van der Waals surface area contributed by atoms with E-state index in [1.54, 1.807) is 29.5 Å². The molecule has 0 saturated heterocycles. The van der Waals surface area contributed by atoms with Gasteiger partial charge in [0.2, 0.25) is 0 Å². The number of aromatic amines is 1. The van der Waals surface area contributed by atoms with Gasteiger partial charge in [-0.05, 0) is 29.6 Å². The monoisotopic (exact) mass is 258 g/mol. The first-order chi connectivity index (χ1) is 8.83. The van der Waals surface area contributed by atoms with Crippen LogP contribution in [0.4, 0.5) is 0 Å². The van der Waals surface area contributed by atoms with Gasteiger partial charge in [-0.3, -0.25) is 4.79 Å². The van der Waals surface area contributed by atoms with E-state index in [0.717, 1.165) is 10.4 Å². The van der Waals surface area contributed by atoms with Crippen LogP contribution in [0.5, 0.6) is 0 Å². The molecule has 3 rings (SSSR count). The van der Waals surface area contributed by atoms with E-state index in [1.165, 1.54) is 0 Å². The summed E-state index contributed by atoms with van der Waals surface area (Å²) in [5, 5.41) is 15.3. The number of carbonyl (C=O) groups excluding carboxylic acids is 1. The molecule has 2 aromatic heterocycles. The second-order valence-corrected chi connectivity index (χ2v) is 4.82. The Hall–Kier alpha value is -2.21. The number of fused-ring (bicyclic) bond motifs is 1. The zero-order valence-electron chi connectivity index (χ0n) is 9.38. The molecule has 6 heteroatoms. The fraction of sp³-hybridized carbons (Fsp3) is 0.0833. The lowest BCUT2D eigenvalue weighted by Crippen LogP contribution is -2.22. The van der Waals surface area contributed by atoms with Crippen LogP contribution >= 0.6 is 11.3 Å². The molecule has 0 unspecified atom stereocenters. The molecule has 2 heterocycles. The minimum absolute atomic E-state index is 0.103. The van der Waals surface area contributed by atoms with E-state index in [9.17, 15) is 4.79 Å². The van der Waals surface area contributed by atoms with E-state index >= 15 is 0 Å². The molecule has 0 aliphatic carbocycles. The number of hydrogen-bond acceptors (Lipinski definition) is 4. The Morgan fingerprint density at radius 3 is 3.00 bits per heavy atom. The fourth-order valence-electron chi connectivity index (χ4n) is 1.66. The van der Waals surface area contributed by atoms with Gasteiger partial charge in [0, 0.05) is 10.4 Å². The van der Waals surface area contributed by atoms with Crippen molar-refractivity contribution >= 4 is 28.3 Å². The molecule has 0 radical (unpaired) electrons. The predicted octanol–water partition coefficient (Wildman–Crippen LogP) is 1.95. The maximum atomic E-state index is 11.9. The van der Waals surface area contributed by atoms with E-state index in [2.05, 4.69) is 20.7 Å². The van der Waals surface area contributed by atoms with Crippen LogP contribution in [0.25, 0.3) is 11.0 Å². The van der Waals surface area contributed by atoms with Gasteiger partial charge >= 0.3 is 0 Å². The lowest BCUT2D eigenvalue weighted by molar-refractivity contribution is 0.0951. The standard InChI is InChI=1S/C12H10N4OS/c17-12(13-7-9-2-1-5-18-9)8-3-4-10-11(6-8)15-16-14-10/h1-6H,7H2,(H,13,17)(H,14,15,16). The van der Waals surface area contributed by atoms with Crippen LogP contribution in [-0.2, 0) is 6.54 Å². The molecular formula is C12H10N4OS. The van der Waals surface area contributed by atoms with Crippen LogP contribution in [0.1, 0.15) is 15.2 Å². The smallest absolute Gasteiger partial charge is 0.251 e. The SMILES string of the molecule is O=C(NCc1cccs1)c1ccc2n[nH]nc2c1. The summed E-state index contributed by atoms with van der Waals surface area (Å²) in [4.78, 5) is 13.1. The van der Waals surface area contributed by atoms with Crippen LogP contribution < -0.4 is 5.32 Å². The Bertz CT molecular complexity index is 674. The van der Waals surface area contributed by atoms with Crippen molar-refractivity contribution in [3.05, 3.63) is 46.2 Å². The topological polar surface area (TPSA) is 70.7 Å². The molecule has 0 aliphatic rings. The number of nitrogens with zero attached hydrogens (tertiary/aromatic N) is 2. The first kappa shape index (κ1) is 10.9. The van der Waals surface area contributed by atoms with Crippen molar-refractivity contribution in [3.63, 3.8) is 0 Å². The zero-order valence-corrected chi connectivity index (χ0v) is 10.2. The number of benzene rings is 1. The number of amides is 1. The van der Waals surface area contributed by atoms with Crippen LogP contribution in [0.3, 0.4) is 0 Å². The summed E-state index contributed by atoms with van der Waals surface area (Å²) in [7, 11) is 0. The third-order valence-corrected chi connectivity index (χ3v) is 3.46. The number of nitrogens with one attached hydrogen (secondary N) is 2. The zero-order chi connectivity index (χ0) is 12.4. The summed E-state index contributed by atoms with van der Waals surface area (Å²) < 4.78 is 0. The van der Waals surface area contributed by atoms with Crippen molar-refractivity contribution in [1.82, 2.24) is 20.7 Å². The molecule has 90 valence electrons. The van der Waals surface area contributed by atoms with E-state index in [0.29, 0.717) is 17.6 Å². The van der Waals surface area contributed by atoms with Gasteiger partial charge in [-0.1, -0.05) is 6.07 Å². The number of H-pyrrole nitrogens is 1. The lowest BCUT2D eigenvalue weighted by Gasteiger charge is -2.03. The Morgan fingerprint density at radius 1 is 1.28 bits per heavy atom. The highest BCUT2D eigenvalue weighted by atomic mass is 32.1.